The van der Waals surface area contributed by atoms with Crippen LogP contribution in [0.5, 0.6) is 0 Å². The predicted octanol–water partition coefficient (Wildman–Crippen LogP) is 3.39. The van der Waals surface area contributed by atoms with E-state index >= 15 is 0 Å². The Bertz CT molecular complexity index is 606. The summed E-state index contributed by atoms with van der Waals surface area (Å²) in [4.78, 5) is 17.0. The van der Waals surface area contributed by atoms with E-state index in [0.717, 1.165) is 34.0 Å². The van der Waals surface area contributed by atoms with Crippen molar-refractivity contribution in [3.63, 3.8) is 0 Å². The number of hydrogen-bond acceptors (Lipinski definition) is 3. The summed E-state index contributed by atoms with van der Waals surface area (Å²) in [6, 6.07) is 6.52. The second-order valence-electron chi connectivity index (χ2n) is 4.47. The van der Waals surface area contributed by atoms with Gasteiger partial charge in [-0.15, -0.1) is 11.3 Å². The van der Waals surface area contributed by atoms with Crippen LogP contribution in [0.25, 0.3) is 0 Å². The maximum atomic E-state index is 13.1. The van der Waals surface area contributed by atoms with Gasteiger partial charge in [0.1, 0.15) is 5.82 Å². The molecule has 0 bridgehead atoms. The van der Waals surface area contributed by atoms with Gasteiger partial charge in [0, 0.05) is 12.8 Å². The third-order valence-corrected chi connectivity index (χ3v) is 4.20. The van der Waals surface area contributed by atoms with Gasteiger partial charge in [-0.05, 0) is 30.5 Å². The largest absolute Gasteiger partial charge is 0.293 e. The summed E-state index contributed by atoms with van der Waals surface area (Å²) in [6.45, 7) is 0. The molecule has 0 saturated heterocycles. The van der Waals surface area contributed by atoms with Crippen LogP contribution in [0.1, 0.15) is 38.8 Å². The molecule has 1 aliphatic rings. The summed E-state index contributed by atoms with van der Waals surface area (Å²) in [5.74, 6) is -0.0239. The standard InChI is InChI=1S/C14H12FNOS/c15-10-4-1-3-9(7-10)8-13-16-11-5-2-6-12(17)14(11)18-13/h1,3-4,7H,2,5-6,8H2. The van der Waals surface area contributed by atoms with Crippen LogP contribution in [0.4, 0.5) is 4.39 Å². The zero-order chi connectivity index (χ0) is 12.5. The van der Waals surface area contributed by atoms with Gasteiger partial charge in [-0.1, -0.05) is 12.1 Å². The van der Waals surface area contributed by atoms with Gasteiger partial charge in [0.25, 0.3) is 0 Å². The zero-order valence-corrected chi connectivity index (χ0v) is 10.6. The quantitative estimate of drug-likeness (QED) is 0.829. The fourth-order valence-electron chi connectivity index (χ4n) is 2.22. The molecule has 0 spiro atoms. The molecule has 1 aromatic carbocycles. The van der Waals surface area contributed by atoms with E-state index in [0.29, 0.717) is 12.8 Å². The molecule has 2 aromatic rings. The summed E-state index contributed by atoms with van der Waals surface area (Å²) in [6.07, 6.45) is 3.02. The number of aromatic nitrogens is 1. The number of aryl methyl sites for hydroxylation is 1. The molecule has 1 aliphatic carbocycles. The first-order valence-electron chi connectivity index (χ1n) is 5.98. The lowest BCUT2D eigenvalue weighted by molar-refractivity contribution is 0.0976. The summed E-state index contributed by atoms with van der Waals surface area (Å²) in [7, 11) is 0. The van der Waals surface area contributed by atoms with Crippen molar-refractivity contribution in [2.45, 2.75) is 25.7 Å². The lowest BCUT2D eigenvalue weighted by atomic mass is 10.0. The molecule has 0 atom stereocenters. The number of thiazole rings is 1. The number of fused-ring (bicyclic) bond motifs is 1. The van der Waals surface area contributed by atoms with E-state index in [1.165, 1.54) is 23.5 Å². The molecule has 4 heteroatoms. The molecular weight excluding hydrogens is 249 g/mol. The summed E-state index contributed by atoms with van der Waals surface area (Å²) in [5.41, 5.74) is 1.83. The van der Waals surface area contributed by atoms with Crippen molar-refractivity contribution in [3.05, 3.63) is 51.2 Å². The third kappa shape index (κ3) is 2.20. The van der Waals surface area contributed by atoms with E-state index in [2.05, 4.69) is 4.98 Å². The molecule has 0 saturated carbocycles. The minimum Gasteiger partial charge on any atom is -0.293 e. The number of carbonyl (C=O) groups excluding carboxylic acids is 1. The molecule has 0 amide bonds. The Hall–Kier alpha value is -1.55. The number of nitrogens with zero attached hydrogens (tertiary/aromatic N) is 1. The van der Waals surface area contributed by atoms with Crippen molar-refractivity contribution < 1.29 is 9.18 Å². The second-order valence-corrected chi connectivity index (χ2v) is 5.55. The van der Waals surface area contributed by atoms with E-state index in [1.807, 2.05) is 6.07 Å². The molecular formula is C14H12FNOS. The highest BCUT2D eigenvalue weighted by atomic mass is 32.1. The molecule has 0 radical (unpaired) electrons. The molecule has 18 heavy (non-hydrogen) atoms. The summed E-state index contributed by atoms with van der Waals surface area (Å²) >= 11 is 1.46. The van der Waals surface area contributed by atoms with Crippen molar-refractivity contribution in [3.8, 4) is 0 Å². The van der Waals surface area contributed by atoms with Gasteiger partial charge in [-0.3, -0.25) is 4.79 Å². The third-order valence-electron chi connectivity index (χ3n) is 3.06. The highest BCUT2D eigenvalue weighted by molar-refractivity contribution is 7.13. The lowest BCUT2D eigenvalue weighted by Crippen LogP contribution is -2.07. The van der Waals surface area contributed by atoms with Gasteiger partial charge in [0.05, 0.1) is 15.6 Å². The maximum absolute atomic E-state index is 13.1. The van der Waals surface area contributed by atoms with Crippen LogP contribution in [-0.2, 0) is 12.8 Å². The Morgan fingerprint density at radius 2 is 2.22 bits per heavy atom. The Morgan fingerprint density at radius 3 is 3.00 bits per heavy atom. The Balaban J connectivity index is 1.88. The van der Waals surface area contributed by atoms with E-state index in [-0.39, 0.29) is 11.6 Å². The van der Waals surface area contributed by atoms with E-state index in [4.69, 9.17) is 0 Å². The second kappa shape index (κ2) is 4.61. The molecule has 92 valence electrons. The first-order valence-corrected chi connectivity index (χ1v) is 6.80. The molecule has 1 aromatic heterocycles. The minimum atomic E-state index is -0.232. The lowest BCUT2D eigenvalue weighted by Gasteiger charge is -2.06. The SMILES string of the molecule is O=C1CCCc2nc(Cc3cccc(F)c3)sc21. The monoisotopic (exact) mass is 261 g/mol. The van der Waals surface area contributed by atoms with Crippen LogP contribution in [0, 0.1) is 5.82 Å². The Labute approximate surface area is 108 Å². The number of benzene rings is 1. The van der Waals surface area contributed by atoms with Crippen molar-refractivity contribution in [2.24, 2.45) is 0 Å². The average Bonchev–Trinajstić information content (AvgIpc) is 2.73. The van der Waals surface area contributed by atoms with Crippen LogP contribution in [0.3, 0.4) is 0 Å². The summed E-state index contributed by atoms with van der Waals surface area (Å²) in [5, 5.41) is 0.904. The van der Waals surface area contributed by atoms with Crippen LogP contribution in [-0.4, -0.2) is 10.8 Å². The molecule has 0 fully saturated rings. The van der Waals surface area contributed by atoms with Crippen molar-refractivity contribution in [1.29, 1.82) is 0 Å². The van der Waals surface area contributed by atoms with Gasteiger partial charge in [-0.2, -0.15) is 0 Å². The van der Waals surface area contributed by atoms with Crippen LogP contribution in [0.2, 0.25) is 0 Å². The number of Topliss-reactive ketones (excluding diaryl/α,β-unsaturated/α-hetero) is 1. The summed E-state index contributed by atoms with van der Waals surface area (Å²) < 4.78 is 13.1. The highest BCUT2D eigenvalue weighted by Crippen LogP contribution is 2.28. The van der Waals surface area contributed by atoms with Crippen LogP contribution >= 0.6 is 11.3 Å². The fraction of sp³-hybridized carbons (Fsp3) is 0.286. The van der Waals surface area contributed by atoms with Gasteiger partial charge in [0.15, 0.2) is 5.78 Å². The highest BCUT2D eigenvalue weighted by Gasteiger charge is 2.21. The Kier molecular flexibility index (Phi) is 2.96. The number of halogens is 1. The predicted molar refractivity (Wildman–Crippen MR) is 68.6 cm³/mol. The molecule has 1 heterocycles. The van der Waals surface area contributed by atoms with Gasteiger partial charge >= 0.3 is 0 Å². The number of carbonyl (C=O) groups is 1. The van der Waals surface area contributed by atoms with Crippen molar-refractivity contribution in [1.82, 2.24) is 4.98 Å². The fourth-order valence-corrected chi connectivity index (χ4v) is 3.33. The van der Waals surface area contributed by atoms with E-state index in [9.17, 15) is 9.18 Å². The maximum Gasteiger partial charge on any atom is 0.174 e. The number of ketones is 1. The first-order chi connectivity index (χ1) is 8.72. The molecule has 3 rings (SSSR count). The smallest absolute Gasteiger partial charge is 0.174 e. The number of rotatable bonds is 2. The molecule has 2 nitrogen and oxygen atoms in total. The molecule has 0 N–H and O–H groups in total. The molecule has 0 aliphatic heterocycles. The van der Waals surface area contributed by atoms with Crippen molar-refractivity contribution in [2.75, 3.05) is 0 Å². The van der Waals surface area contributed by atoms with E-state index < -0.39 is 0 Å². The van der Waals surface area contributed by atoms with Crippen LogP contribution in [0.15, 0.2) is 24.3 Å². The topological polar surface area (TPSA) is 30.0 Å². The zero-order valence-electron chi connectivity index (χ0n) is 9.78. The van der Waals surface area contributed by atoms with E-state index in [1.54, 1.807) is 6.07 Å². The van der Waals surface area contributed by atoms with Crippen molar-refractivity contribution >= 4 is 17.1 Å². The van der Waals surface area contributed by atoms with Crippen LogP contribution < -0.4 is 0 Å². The first kappa shape index (κ1) is 11.5. The Morgan fingerprint density at radius 1 is 1.33 bits per heavy atom. The average molecular weight is 261 g/mol. The normalized spacial score (nSPS) is 14.6. The minimum absolute atomic E-state index is 0.208. The van der Waals surface area contributed by atoms with Gasteiger partial charge in [0.2, 0.25) is 0 Å². The van der Waals surface area contributed by atoms with Gasteiger partial charge in [-0.25, -0.2) is 9.37 Å². The number of hydrogen-bond donors (Lipinski definition) is 0. The van der Waals surface area contributed by atoms with Gasteiger partial charge < -0.3 is 0 Å². The molecule has 0 unspecified atom stereocenters.